The fraction of sp³-hybridized carbons (Fsp3) is 0.312. The van der Waals surface area contributed by atoms with Gasteiger partial charge in [0.25, 0.3) is 5.17 Å². The first-order chi connectivity index (χ1) is 21.4. The van der Waals surface area contributed by atoms with E-state index >= 15 is 4.39 Å². The van der Waals surface area contributed by atoms with Gasteiger partial charge in [-0.05, 0) is 79.7 Å². The predicted octanol–water partition coefficient (Wildman–Crippen LogP) is 5.18. The maximum absolute atomic E-state index is 15.0. The van der Waals surface area contributed by atoms with E-state index in [0.29, 0.717) is 34.9 Å². The molecule has 2 aliphatic rings. The summed E-state index contributed by atoms with van der Waals surface area (Å²) in [5.74, 6) is 2.19. The number of thiocarbonyl (C=S) groups is 1. The molecule has 2 fully saturated rings. The van der Waals surface area contributed by atoms with Gasteiger partial charge < -0.3 is 24.4 Å². The van der Waals surface area contributed by atoms with Crippen molar-refractivity contribution in [1.82, 2.24) is 20.6 Å². The molecular weight excluding hydrogens is 585 g/mol. The Morgan fingerprint density at radius 1 is 1.02 bits per heavy atom. The van der Waals surface area contributed by atoms with Crippen LogP contribution in [0, 0.1) is 23.6 Å². The SMILES string of the molecule is COc1cc2c(Oc3ccc(NOC(=S)NC(=O)Cc4ccccc4)cc3F)ncnc2cc1OCC1C[C@H]2CNC[C@H]2C1. The average molecular weight is 618 g/mol. The van der Waals surface area contributed by atoms with Crippen molar-refractivity contribution in [2.24, 2.45) is 17.8 Å². The Kier molecular flexibility index (Phi) is 8.99. The summed E-state index contributed by atoms with van der Waals surface area (Å²) in [7, 11) is 1.57. The van der Waals surface area contributed by atoms with Crippen molar-refractivity contribution >= 4 is 39.9 Å². The second kappa shape index (κ2) is 13.4. The molecule has 1 aromatic heterocycles. The second-order valence-corrected chi connectivity index (χ2v) is 11.3. The first-order valence-corrected chi connectivity index (χ1v) is 14.8. The van der Waals surface area contributed by atoms with E-state index in [1.807, 2.05) is 30.3 Å². The number of nitrogens with one attached hydrogen (secondary N) is 3. The smallest absolute Gasteiger partial charge is 0.292 e. The lowest BCUT2D eigenvalue weighted by atomic mass is 10.0. The van der Waals surface area contributed by atoms with Gasteiger partial charge in [0.15, 0.2) is 23.1 Å². The van der Waals surface area contributed by atoms with E-state index in [1.165, 1.54) is 24.5 Å². The van der Waals surface area contributed by atoms with E-state index < -0.39 is 5.82 Å². The van der Waals surface area contributed by atoms with Crippen LogP contribution >= 0.6 is 12.2 Å². The van der Waals surface area contributed by atoms with Gasteiger partial charge in [0.1, 0.15) is 6.33 Å². The zero-order valence-electron chi connectivity index (χ0n) is 24.0. The molecule has 228 valence electrons. The molecule has 1 aliphatic carbocycles. The lowest BCUT2D eigenvalue weighted by Crippen LogP contribution is -2.33. The summed E-state index contributed by atoms with van der Waals surface area (Å²) in [6, 6.07) is 16.9. The van der Waals surface area contributed by atoms with E-state index in [2.05, 4.69) is 26.1 Å². The van der Waals surface area contributed by atoms with Crippen LogP contribution in [0.4, 0.5) is 10.1 Å². The Morgan fingerprint density at radius 2 is 1.82 bits per heavy atom. The zero-order chi connectivity index (χ0) is 30.5. The molecule has 1 amide bonds. The highest BCUT2D eigenvalue weighted by atomic mass is 32.1. The fourth-order valence-electron chi connectivity index (χ4n) is 5.85. The molecule has 44 heavy (non-hydrogen) atoms. The van der Waals surface area contributed by atoms with Crippen LogP contribution in [0.1, 0.15) is 18.4 Å². The minimum atomic E-state index is -0.673. The van der Waals surface area contributed by atoms with E-state index in [9.17, 15) is 4.79 Å². The number of anilines is 1. The molecule has 3 atom stereocenters. The van der Waals surface area contributed by atoms with Crippen LogP contribution in [0.25, 0.3) is 10.9 Å². The van der Waals surface area contributed by atoms with Gasteiger partial charge >= 0.3 is 0 Å². The lowest BCUT2D eigenvalue weighted by molar-refractivity contribution is -0.119. The van der Waals surface area contributed by atoms with Crippen LogP contribution in [0.15, 0.2) is 67.0 Å². The molecule has 12 heteroatoms. The Morgan fingerprint density at radius 3 is 2.57 bits per heavy atom. The molecule has 2 heterocycles. The van der Waals surface area contributed by atoms with Gasteiger partial charge in [-0.15, -0.1) is 0 Å². The van der Waals surface area contributed by atoms with Gasteiger partial charge in [0.2, 0.25) is 11.8 Å². The number of benzene rings is 3. The molecule has 3 N–H and O–H groups in total. The highest BCUT2D eigenvalue weighted by Gasteiger charge is 2.37. The summed E-state index contributed by atoms with van der Waals surface area (Å²) in [5, 5.41) is 6.29. The zero-order valence-corrected chi connectivity index (χ0v) is 24.9. The minimum Gasteiger partial charge on any atom is -0.493 e. The standard InChI is InChI=1S/C32H32FN5O5S/c1-40-28-13-24-26(14-29(28)41-17-20-9-21-15-34-16-22(21)10-20)35-18-36-31(24)42-27-8-7-23(12-25(27)33)38-43-32(44)37-30(39)11-19-5-3-2-4-6-19/h2-8,12-14,18,20-22,34,38H,9-11,15-17H2,1H3,(H,37,39,44)/t20?,21-,22+. The maximum Gasteiger partial charge on any atom is 0.292 e. The van der Waals surface area contributed by atoms with Gasteiger partial charge in [-0.1, -0.05) is 30.3 Å². The first kappa shape index (κ1) is 29.5. The molecule has 0 spiro atoms. The number of aromatic nitrogens is 2. The van der Waals surface area contributed by atoms with E-state index in [-0.39, 0.29) is 34.8 Å². The van der Waals surface area contributed by atoms with E-state index in [4.69, 9.17) is 31.3 Å². The van der Waals surface area contributed by atoms with Crippen LogP contribution in [0.3, 0.4) is 0 Å². The highest BCUT2D eigenvalue weighted by Crippen LogP contribution is 2.40. The molecule has 1 aliphatic heterocycles. The van der Waals surface area contributed by atoms with Crippen LogP contribution < -0.4 is 30.3 Å². The molecule has 1 saturated heterocycles. The number of carbonyl (C=O) groups is 1. The monoisotopic (exact) mass is 617 g/mol. The Labute approximate surface area is 259 Å². The average Bonchev–Trinajstić information content (AvgIpc) is 3.63. The number of methoxy groups -OCH3 is 1. The van der Waals surface area contributed by atoms with Crippen molar-refractivity contribution in [3.63, 3.8) is 0 Å². The third-order valence-electron chi connectivity index (χ3n) is 7.96. The Bertz CT molecular complexity index is 1650. The van der Waals surface area contributed by atoms with Gasteiger partial charge in [-0.25, -0.2) is 19.8 Å². The van der Waals surface area contributed by atoms with Gasteiger partial charge in [-0.3, -0.25) is 10.1 Å². The summed E-state index contributed by atoms with van der Waals surface area (Å²) in [6.45, 7) is 2.80. The number of ether oxygens (including phenoxy) is 3. The quantitative estimate of drug-likeness (QED) is 0.162. The van der Waals surface area contributed by atoms with Gasteiger partial charge in [0.05, 0.1) is 36.7 Å². The number of halogens is 1. The third kappa shape index (κ3) is 6.98. The second-order valence-electron chi connectivity index (χ2n) is 11.0. The van der Waals surface area contributed by atoms with Crippen molar-refractivity contribution in [1.29, 1.82) is 0 Å². The topological polar surface area (TPSA) is 116 Å². The molecule has 10 nitrogen and oxygen atoms in total. The normalized spacial score (nSPS) is 18.8. The molecule has 3 aromatic carbocycles. The number of hydrogen-bond acceptors (Lipinski definition) is 10. The number of hydrogen-bond donors (Lipinski definition) is 3. The van der Waals surface area contributed by atoms with Crippen molar-refractivity contribution in [3.05, 3.63) is 78.4 Å². The van der Waals surface area contributed by atoms with Gasteiger partial charge in [0, 0.05) is 12.1 Å². The fourth-order valence-corrected chi connectivity index (χ4v) is 6.01. The van der Waals surface area contributed by atoms with Crippen molar-refractivity contribution < 1.29 is 28.2 Å². The van der Waals surface area contributed by atoms with Crippen LogP contribution in [-0.4, -0.2) is 47.9 Å². The van der Waals surface area contributed by atoms with Crippen molar-refractivity contribution in [2.75, 3.05) is 32.3 Å². The molecule has 4 aromatic rings. The largest absolute Gasteiger partial charge is 0.493 e. The number of nitrogens with zero attached hydrogens (tertiary/aromatic N) is 2. The molecule has 0 bridgehead atoms. The Balaban J connectivity index is 1.07. The maximum atomic E-state index is 15.0. The van der Waals surface area contributed by atoms with Crippen molar-refractivity contribution in [2.45, 2.75) is 19.3 Å². The molecule has 1 saturated carbocycles. The van der Waals surface area contributed by atoms with Gasteiger partial charge in [-0.2, -0.15) is 0 Å². The van der Waals surface area contributed by atoms with E-state index in [1.54, 1.807) is 19.2 Å². The molecule has 0 radical (unpaired) electrons. The first-order valence-electron chi connectivity index (χ1n) is 14.4. The minimum absolute atomic E-state index is 0.0603. The van der Waals surface area contributed by atoms with Crippen LogP contribution in [0.2, 0.25) is 0 Å². The summed E-state index contributed by atoms with van der Waals surface area (Å²) < 4.78 is 32.7. The number of rotatable bonds is 10. The number of carbonyl (C=O) groups excluding carboxylic acids is 1. The van der Waals surface area contributed by atoms with E-state index in [0.717, 1.165) is 43.3 Å². The molecule has 6 rings (SSSR count). The Hall–Kier alpha value is -4.55. The molecular formula is C32H32FN5O5S. The summed E-state index contributed by atoms with van der Waals surface area (Å²) in [4.78, 5) is 26.0. The summed E-state index contributed by atoms with van der Waals surface area (Å²) >= 11 is 5.06. The summed E-state index contributed by atoms with van der Waals surface area (Å²) in [6.07, 6.45) is 3.82. The summed E-state index contributed by atoms with van der Waals surface area (Å²) in [5.41, 5.74) is 4.20. The number of amides is 1. The van der Waals surface area contributed by atoms with Crippen molar-refractivity contribution in [3.8, 4) is 23.1 Å². The third-order valence-corrected chi connectivity index (χ3v) is 8.15. The highest BCUT2D eigenvalue weighted by molar-refractivity contribution is 7.80. The van der Waals surface area contributed by atoms with Crippen LogP contribution in [0.5, 0.6) is 23.1 Å². The molecule has 1 unspecified atom stereocenters. The van der Waals surface area contributed by atoms with Crippen LogP contribution in [-0.2, 0) is 16.1 Å². The predicted molar refractivity (Wildman–Crippen MR) is 166 cm³/mol. The number of fused-ring (bicyclic) bond motifs is 2. The lowest BCUT2D eigenvalue weighted by Gasteiger charge is -2.16.